The third kappa shape index (κ3) is 7.60. The van der Waals surface area contributed by atoms with E-state index >= 15 is 0 Å². The second-order valence-electron chi connectivity index (χ2n) is 16.8. The Bertz CT molecular complexity index is 2510. The van der Waals surface area contributed by atoms with Crippen LogP contribution in [0.4, 0.5) is 0 Å². The molecular weight excluding hydrogens is 818 g/mol. The molecule has 5 heteroatoms. The molecule has 0 saturated carbocycles. The fraction of sp³-hybridized carbons (Fsp3) is 0.319. The molecule has 0 aliphatic rings. The monoisotopic (exact) mass is 875 g/mol. The minimum Gasteiger partial charge on any atom is -0.507 e. The van der Waals surface area contributed by atoms with Gasteiger partial charge < -0.3 is 5.11 Å². The summed E-state index contributed by atoms with van der Waals surface area (Å²) < 4.78 is 51.9. The zero-order chi connectivity index (χ0) is 42.2. The third-order valence-electron chi connectivity index (χ3n) is 9.49. The number of nitrogens with zero attached hydrogens (tertiary/aromatic N) is 3. The molecular formula is C47H52N3OPt-. The maximum Gasteiger partial charge on any atom is 0.148 e. The minimum absolute atomic E-state index is 0. The van der Waals surface area contributed by atoms with Gasteiger partial charge in [-0.15, -0.1) is 29.3 Å². The summed E-state index contributed by atoms with van der Waals surface area (Å²) in [5.41, 5.74) is 8.70. The standard InChI is InChI=1S/C47H52N3O.Pt/c1-28(2)31-17-18-48-39(24-31)33-21-32(22-34(23-33)45(5,6)7)38-15-14-16-40-43(38)49-44(42-30(4)19-29(3)20-41(42)51)50(40)37-26-35(46(8,9)10)25-36(27-37)47(11,12)13;/h14-20,22-27,51H,1H2,2-13H3;/q-1;/i3D3,4D3;. The maximum atomic E-state index is 11.8. The Morgan fingerprint density at radius 1 is 0.788 bits per heavy atom. The quantitative estimate of drug-likeness (QED) is 0.176. The van der Waals surface area contributed by atoms with Crippen LogP contribution in [-0.4, -0.2) is 19.6 Å². The largest absolute Gasteiger partial charge is 0.507 e. The number of rotatable bonds is 5. The van der Waals surface area contributed by atoms with E-state index in [1.165, 1.54) is 0 Å². The van der Waals surface area contributed by atoms with Crippen LogP contribution in [0.3, 0.4) is 0 Å². The smallest absolute Gasteiger partial charge is 0.148 e. The molecule has 0 atom stereocenters. The number of hydrogen-bond acceptors (Lipinski definition) is 3. The van der Waals surface area contributed by atoms with Crippen LogP contribution in [0.5, 0.6) is 5.75 Å². The van der Waals surface area contributed by atoms with Crippen LogP contribution >= 0.6 is 0 Å². The van der Waals surface area contributed by atoms with Crippen molar-refractivity contribution in [1.29, 1.82) is 0 Å². The molecule has 2 aromatic heterocycles. The molecule has 272 valence electrons. The summed E-state index contributed by atoms with van der Waals surface area (Å²) >= 11 is 0. The van der Waals surface area contributed by atoms with Crippen LogP contribution in [0.2, 0.25) is 0 Å². The van der Waals surface area contributed by atoms with Crippen LogP contribution in [0.1, 0.15) is 111 Å². The molecule has 0 aliphatic carbocycles. The molecule has 4 nitrogen and oxygen atoms in total. The molecule has 52 heavy (non-hydrogen) atoms. The van der Waals surface area contributed by atoms with Crippen molar-refractivity contribution in [3.63, 3.8) is 0 Å². The van der Waals surface area contributed by atoms with E-state index in [0.29, 0.717) is 11.0 Å². The van der Waals surface area contributed by atoms with Crippen molar-refractivity contribution in [2.24, 2.45) is 0 Å². The number of phenolic OH excluding ortho intramolecular Hbond substituents is 1. The van der Waals surface area contributed by atoms with Gasteiger partial charge in [0.05, 0.1) is 16.6 Å². The first kappa shape index (κ1) is 31.3. The van der Waals surface area contributed by atoms with Crippen LogP contribution in [0.25, 0.3) is 56.1 Å². The van der Waals surface area contributed by atoms with Gasteiger partial charge in [-0.25, -0.2) is 4.98 Å². The van der Waals surface area contributed by atoms with E-state index in [1.54, 1.807) is 6.20 Å². The van der Waals surface area contributed by atoms with Gasteiger partial charge in [-0.1, -0.05) is 116 Å². The summed E-state index contributed by atoms with van der Waals surface area (Å²) in [4.78, 5) is 9.96. The molecule has 0 unspecified atom stereocenters. The van der Waals surface area contributed by atoms with Crippen molar-refractivity contribution in [3.05, 3.63) is 125 Å². The van der Waals surface area contributed by atoms with E-state index in [0.717, 1.165) is 68.0 Å². The predicted octanol–water partition coefficient (Wildman–Crippen LogP) is 12.5. The first-order chi connectivity index (χ1) is 26.1. The van der Waals surface area contributed by atoms with Crippen molar-refractivity contribution in [2.75, 3.05) is 0 Å². The molecule has 6 rings (SSSR count). The second-order valence-corrected chi connectivity index (χ2v) is 16.8. The molecule has 0 aliphatic heterocycles. The van der Waals surface area contributed by atoms with Crippen molar-refractivity contribution in [3.8, 4) is 45.2 Å². The Kier molecular flexibility index (Phi) is 8.38. The zero-order valence-electron chi connectivity index (χ0n) is 37.8. The summed E-state index contributed by atoms with van der Waals surface area (Å²) in [6.45, 7) is 20.0. The van der Waals surface area contributed by atoms with Gasteiger partial charge >= 0.3 is 0 Å². The molecule has 4 aromatic carbocycles. The SMILES string of the molecule is [2H]C([2H])([2H])c1cc(O)c(-c2nc3c(-c4[c-]c(-c5cc(C(=C)C)ccn5)cc(C(C)(C)C)c4)cccc3n2-c2cc(C(C)(C)C)cc(C(C)(C)C)c2)c(C([2H])([2H])[2H])c1.[Pt]. The molecule has 0 saturated heterocycles. The van der Waals surface area contributed by atoms with Crippen LogP contribution < -0.4 is 0 Å². The topological polar surface area (TPSA) is 50.9 Å². The van der Waals surface area contributed by atoms with Gasteiger partial charge in [0, 0.05) is 46.9 Å². The molecule has 0 spiro atoms. The molecule has 0 fully saturated rings. The summed E-state index contributed by atoms with van der Waals surface area (Å²) in [5, 5.41) is 11.8. The van der Waals surface area contributed by atoms with E-state index in [9.17, 15) is 5.11 Å². The molecule has 1 N–H and O–H groups in total. The van der Waals surface area contributed by atoms with Gasteiger partial charge in [0.2, 0.25) is 0 Å². The summed E-state index contributed by atoms with van der Waals surface area (Å²) in [5.74, 6) is -0.310. The van der Waals surface area contributed by atoms with Crippen LogP contribution in [0, 0.1) is 19.8 Å². The number of allylic oxidation sites excluding steroid dienone is 1. The van der Waals surface area contributed by atoms with Crippen molar-refractivity contribution < 1.29 is 34.4 Å². The molecule has 0 radical (unpaired) electrons. The van der Waals surface area contributed by atoms with E-state index in [-0.39, 0.29) is 59.8 Å². The van der Waals surface area contributed by atoms with Crippen molar-refractivity contribution in [1.82, 2.24) is 14.5 Å². The van der Waals surface area contributed by atoms with Crippen molar-refractivity contribution >= 4 is 16.6 Å². The minimum atomic E-state index is -2.79. The second kappa shape index (κ2) is 13.9. The number of fused-ring (bicyclic) bond motifs is 1. The van der Waals surface area contributed by atoms with E-state index in [4.69, 9.17) is 18.2 Å². The number of pyridine rings is 1. The first-order valence-corrected chi connectivity index (χ1v) is 17.4. The number of aromatic nitrogens is 3. The Labute approximate surface area is 333 Å². The fourth-order valence-corrected chi connectivity index (χ4v) is 6.34. The summed E-state index contributed by atoms with van der Waals surface area (Å²) in [6, 6.07) is 26.3. The van der Waals surface area contributed by atoms with Gasteiger partial charge in [-0.3, -0.25) is 9.55 Å². The third-order valence-corrected chi connectivity index (χ3v) is 9.49. The van der Waals surface area contributed by atoms with Gasteiger partial charge in [0.15, 0.2) is 0 Å². The van der Waals surface area contributed by atoms with Crippen LogP contribution in [0.15, 0.2) is 85.6 Å². The number of phenols is 1. The van der Waals surface area contributed by atoms with E-state index in [2.05, 4.69) is 105 Å². The van der Waals surface area contributed by atoms with E-state index < -0.39 is 19.5 Å². The number of benzene rings is 4. The first-order valence-electron chi connectivity index (χ1n) is 20.4. The van der Waals surface area contributed by atoms with E-state index in [1.807, 2.05) is 41.8 Å². The van der Waals surface area contributed by atoms with Crippen molar-refractivity contribution in [2.45, 2.75) is 99.2 Å². The average molecular weight is 876 g/mol. The molecule has 0 amide bonds. The number of hydrogen-bond donors (Lipinski definition) is 1. The zero-order valence-corrected chi connectivity index (χ0v) is 34.1. The summed E-state index contributed by atoms with van der Waals surface area (Å²) in [7, 11) is 0. The summed E-state index contributed by atoms with van der Waals surface area (Å²) in [6.07, 6.45) is 1.77. The fourth-order valence-electron chi connectivity index (χ4n) is 6.34. The van der Waals surface area contributed by atoms with Gasteiger partial charge in [0.1, 0.15) is 11.6 Å². The Hall–Kier alpha value is -4.27. The van der Waals surface area contributed by atoms with Gasteiger partial charge in [0.25, 0.3) is 0 Å². The van der Waals surface area contributed by atoms with Crippen LogP contribution in [-0.2, 0) is 37.3 Å². The Balaban J connectivity index is 0.00000641. The number of imidazole rings is 1. The van der Waals surface area contributed by atoms with Gasteiger partial charge in [-0.2, -0.15) is 0 Å². The number of aryl methyl sites for hydroxylation is 2. The molecule has 0 bridgehead atoms. The number of aromatic hydroxyl groups is 1. The maximum absolute atomic E-state index is 11.8. The molecule has 6 aromatic rings. The normalized spacial score (nSPS) is 14.4. The Morgan fingerprint density at radius 3 is 2.02 bits per heavy atom. The average Bonchev–Trinajstić information content (AvgIpc) is 3.48. The predicted molar refractivity (Wildman–Crippen MR) is 216 cm³/mol. The van der Waals surface area contributed by atoms with Gasteiger partial charge in [-0.05, 0) is 95.0 Å². The number of para-hydroxylation sites is 1. The Morgan fingerprint density at radius 2 is 1.42 bits per heavy atom. The molecule has 2 heterocycles.